The number of ether oxygens (including phenoxy) is 1. The fourth-order valence-corrected chi connectivity index (χ4v) is 2.27. The Hall–Kier alpha value is -1.37. The number of hydrogen-bond donors (Lipinski definition) is 2. The fourth-order valence-electron chi connectivity index (χ4n) is 1.69. The van der Waals surface area contributed by atoms with Crippen LogP contribution in [0.3, 0.4) is 0 Å². The topological polar surface area (TPSA) is 83.8 Å². The predicted molar refractivity (Wildman–Crippen MR) is 77.1 cm³/mol. The quantitative estimate of drug-likeness (QED) is 0.776. The molecule has 110 valence electrons. The van der Waals surface area contributed by atoms with E-state index in [1.807, 2.05) is 0 Å². The van der Waals surface area contributed by atoms with Gasteiger partial charge in [-0.2, -0.15) is 0 Å². The standard InChI is InChI=1S/C14H18O5S/c1-8(15)10-4-5-13(19-3)11(6-10)14(18)12(17)7-20-9(2)16/h4-6,12,14,17-18H,7H2,1-3H3. The van der Waals surface area contributed by atoms with E-state index < -0.39 is 12.2 Å². The summed E-state index contributed by atoms with van der Waals surface area (Å²) in [5.74, 6) is 0.312. The van der Waals surface area contributed by atoms with Crippen molar-refractivity contribution in [3.8, 4) is 5.75 Å². The minimum Gasteiger partial charge on any atom is -0.496 e. The number of methoxy groups -OCH3 is 1. The van der Waals surface area contributed by atoms with E-state index in [0.29, 0.717) is 16.9 Å². The number of ketones is 1. The van der Waals surface area contributed by atoms with Crippen molar-refractivity contribution in [1.82, 2.24) is 0 Å². The van der Waals surface area contributed by atoms with Gasteiger partial charge in [0.1, 0.15) is 11.9 Å². The van der Waals surface area contributed by atoms with Crippen LogP contribution >= 0.6 is 11.8 Å². The number of aliphatic hydroxyl groups is 2. The van der Waals surface area contributed by atoms with E-state index in [1.165, 1.54) is 27.0 Å². The lowest BCUT2D eigenvalue weighted by Gasteiger charge is -2.20. The van der Waals surface area contributed by atoms with E-state index >= 15 is 0 Å². The van der Waals surface area contributed by atoms with Crippen LogP contribution in [0.2, 0.25) is 0 Å². The summed E-state index contributed by atoms with van der Waals surface area (Å²) in [4.78, 5) is 22.2. The van der Waals surface area contributed by atoms with Gasteiger partial charge in [-0.05, 0) is 25.1 Å². The zero-order valence-electron chi connectivity index (χ0n) is 11.6. The molecule has 5 nitrogen and oxygen atoms in total. The second-order valence-corrected chi connectivity index (χ2v) is 5.52. The van der Waals surface area contributed by atoms with Crippen molar-refractivity contribution in [2.24, 2.45) is 0 Å². The zero-order valence-corrected chi connectivity index (χ0v) is 12.4. The summed E-state index contributed by atoms with van der Waals surface area (Å²) < 4.78 is 5.12. The van der Waals surface area contributed by atoms with E-state index in [4.69, 9.17) is 4.74 Å². The molecule has 2 N–H and O–H groups in total. The van der Waals surface area contributed by atoms with Gasteiger partial charge in [-0.3, -0.25) is 9.59 Å². The normalized spacial score (nSPS) is 13.7. The first kappa shape index (κ1) is 16.7. The number of thioether (sulfide) groups is 1. The van der Waals surface area contributed by atoms with Crippen molar-refractivity contribution in [2.45, 2.75) is 26.1 Å². The van der Waals surface area contributed by atoms with Gasteiger partial charge in [0.2, 0.25) is 0 Å². The molecule has 0 heterocycles. The van der Waals surface area contributed by atoms with Gasteiger partial charge in [-0.25, -0.2) is 0 Å². The minimum absolute atomic E-state index is 0.0734. The lowest BCUT2D eigenvalue weighted by molar-refractivity contribution is -0.109. The number of carbonyl (C=O) groups excluding carboxylic acids is 2. The van der Waals surface area contributed by atoms with Gasteiger partial charge in [0.15, 0.2) is 10.9 Å². The van der Waals surface area contributed by atoms with Crippen molar-refractivity contribution >= 4 is 22.7 Å². The average Bonchev–Trinajstić information content (AvgIpc) is 2.42. The average molecular weight is 298 g/mol. The molecule has 0 aliphatic rings. The lowest BCUT2D eigenvalue weighted by atomic mass is 10.00. The summed E-state index contributed by atoms with van der Waals surface area (Å²) >= 11 is 0.930. The van der Waals surface area contributed by atoms with Gasteiger partial charge in [0.05, 0.1) is 13.2 Å². The summed E-state index contributed by atoms with van der Waals surface area (Å²) in [5.41, 5.74) is 0.753. The third-order valence-electron chi connectivity index (χ3n) is 2.78. The van der Waals surface area contributed by atoms with Crippen LogP contribution in [0.25, 0.3) is 0 Å². The molecule has 0 aromatic heterocycles. The van der Waals surface area contributed by atoms with Gasteiger partial charge in [-0.1, -0.05) is 11.8 Å². The second kappa shape index (κ2) is 7.42. The number of carbonyl (C=O) groups is 2. The third kappa shape index (κ3) is 4.33. The molecular formula is C14H18O5S. The molecule has 20 heavy (non-hydrogen) atoms. The summed E-state index contributed by atoms with van der Waals surface area (Å²) in [6.07, 6.45) is -2.35. The zero-order chi connectivity index (χ0) is 15.3. The Labute approximate surface area is 121 Å². The molecule has 0 fully saturated rings. The van der Waals surface area contributed by atoms with Crippen LogP contribution in [-0.4, -0.2) is 40.1 Å². The third-order valence-corrected chi connectivity index (χ3v) is 3.69. The first-order valence-corrected chi connectivity index (χ1v) is 7.03. The molecule has 0 aliphatic carbocycles. The van der Waals surface area contributed by atoms with Crippen LogP contribution in [0, 0.1) is 0 Å². The SMILES string of the molecule is COc1ccc(C(C)=O)cc1C(O)C(O)CSC(C)=O. The minimum atomic E-state index is -1.23. The highest BCUT2D eigenvalue weighted by Gasteiger charge is 2.23. The van der Waals surface area contributed by atoms with Crippen LogP contribution in [0.15, 0.2) is 18.2 Å². The number of benzene rings is 1. The van der Waals surface area contributed by atoms with Crippen LogP contribution < -0.4 is 4.74 Å². The summed E-state index contributed by atoms with van der Waals surface area (Å²) in [7, 11) is 1.44. The smallest absolute Gasteiger partial charge is 0.185 e. The molecule has 0 spiro atoms. The molecule has 0 saturated carbocycles. The van der Waals surface area contributed by atoms with Crippen LogP contribution in [0.5, 0.6) is 5.75 Å². The lowest BCUT2D eigenvalue weighted by Crippen LogP contribution is -2.22. The largest absolute Gasteiger partial charge is 0.496 e. The molecule has 1 rings (SSSR count). The summed E-state index contributed by atoms with van der Waals surface area (Å²) in [5, 5.41) is 19.9. The maximum atomic E-state index is 11.4. The Balaban J connectivity index is 2.99. The van der Waals surface area contributed by atoms with Crippen molar-refractivity contribution in [2.75, 3.05) is 12.9 Å². The summed E-state index contributed by atoms with van der Waals surface area (Å²) in [6.45, 7) is 2.81. The van der Waals surface area contributed by atoms with Gasteiger partial charge in [0.25, 0.3) is 0 Å². The van der Waals surface area contributed by atoms with Crippen molar-refractivity contribution in [3.63, 3.8) is 0 Å². The number of Topliss-reactive ketones (excluding diaryl/α,β-unsaturated/α-hetero) is 1. The maximum Gasteiger partial charge on any atom is 0.185 e. The molecule has 0 bridgehead atoms. The first-order chi connectivity index (χ1) is 9.36. The number of hydrogen-bond acceptors (Lipinski definition) is 6. The van der Waals surface area contributed by atoms with E-state index in [9.17, 15) is 19.8 Å². The molecule has 0 saturated heterocycles. The number of rotatable bonds is 6. The Kier molecular flexibility index (Phi) is 6.19. The van der Waals surface area contributed by atoms with Gasteiger partial charge < -0.3 is 14.9 Å². The number of aliphatic hydroxyl groups excluding tert-OH is 2. The van der Waals surface area contributed by atoms with E-state index in [2.05, 4.69) is 0 Å². The molecule has 0 radical (unpaired) electrons. The van der Waals surface area contributed by atoms with E-state index in [0.717, 1.165) is 11.8 Å². The highest BCUT2D eigenvalue weighted by molar-refractivity contribution is 8.13. The van der Waals surface area contributed by atoms with Crippen LogP contribution in [0.4, 0.5) is 0 Å². The van der Waals surface area contributed by atoms with Gasteiger partial charge in [-0.15, -0.1) is 0 Å². The van der Waals surface area contributed by atoms with Gasteiger partial charge in [0, 0.05) is 23.8 Å². The maximum absolute atomic E-state index is 11.4. The molecule has 1 aromatic carbocycles. The van der Waals surface area contributed by atoms with E-state index in [-0.39, 0.29) is 16.7 Å². The first-order valence-electron chi connectivity index (χ1n) is 6.05. The molecule has 0 aliphatic heterocycles. The molecule has 0 amide bonds. The Morgan fingerprint density at radius 1 is 1.30 bits per heavy atom. The highest BCUT2D eigenvalue weighted by Crippen LogP contribution is 2.29. The van der Waals surface area contributed by atoms with Gasteiger partial charge >= 0.3 is 0 Å². The van der Waals surface area contributed by atoms with E-state index in [1.54, 1.807) is 12.1 Å². The molecule has 2 atom stereocenters. The molecule has 1 aromatic rings. The Bertz CT molecular complexity index is 500. The van der Waals surface area contributed by atoms with Crippen LogP contribution in [-0.2, 0) is 4.79 Å². The molecule has 6 heteroatoms. The fraction of sp³-hybridized carbons (Fsp3) is 0.429. The van der Waals surface area contributed by atoms with Crippen molar-refractivity contribution in [1.29, 1.82) is 0 Å². The molecular weight excluding hydrogens is 280 g/mol. The highest BCUT2D eigenvalue weighted by atomic mass is 32.2. The Morgan fingerprint density at radius 2 is 1.95 bits per heavy atom. The molecule has 2 unspecified atom stereocenters. The second-order valence-electron chi connectivity index (χ2n) is 4.33. The summed E-state index contributed by atoms with van der Waals surface area (Å²) in [6, 6.07) is 4.65. The monoisotopic (exact) mass is 298 g/mol. The van der Waals surface area contributed by atoms with Crippen molar-refractivity contribution in [3.05, 3.63) is 29.3 Å². The predicted octanol–water partition coefficient (Wildman–Crippen LogP) is 1.57. The van der Waals surface area contributed by atoms with Crippen molar-refractivity contribution < 1.29 is 24.5 Å². The Morgan fingerprint density at radius 3 is 2.45 bits per heavy atom. The van der Waals surface area contributed by atoms with Crippen LogP contribution in [0.1, 0.15) is 35.9 Å².